The molecule has 30 heavy (non-hydrogen) atoms. The van der Waals surface area contributed by atoms with Crippen LogP contribution >= 0.6 is 0 Å². The van der Waals surface area contributed by atoms with Crippen LogP contribution < -0.4 is 16.4 Å². The van der Waals surface area contributed by atoms with Crippen molar-refractivity contribution < 1.29 is 5.11 Å². The van der Waals surface area contributed by atoms with Gasteiger partial charge in [0.2, 0.25) is 5.88 Å². The average Bonchev–Trinajstić information content (AvgIpc) is 3.44. The predicted octanol–water partition coefficient (Wildman–Crippen LogP) is 0.476. The summed E-state index contributed by atoms with van der Waals surface area (Å²) in [5.74, 6) is -0.241. The van der Waals surface area contributed by atoms with Gasteiger partial charge in [-0.2, -0.15) is 5.10 Å². The number of imidazole rings is 2. The highest BCUT2D eigenvalue weighted by Crippen LogP contribution is 2.14. The number of H-pyrrole nitrogens is 2. The number of aromatic hydroxyl groups is 1. The molecule has 0 fully saturated rings. The lowest BCUT2D eigenvalue weighted by atomic mass is 10.2. The molecule has 0 spiro atoms. The Balaban J connectivity index is 1.54. The zero-order chi connectivity index (χ0) is 20.5. The summed E-state index contributed by atoms with van der Waals surface area (Å²) >= 11 is 0. The molecule has 10 heteroatoms. The molecule has 10 nitrogen and oxygen atoms in total. The van der Waals surface area contributed by atoms with Crippen molar-refractivity contribution in [1.29, 1.82) is 0 Å². The van der Waals surface area contributed by atoms with E-state index in [9.17, 15) is 9.90 Å². The normalized spacial score (nSPS) is 12.8. The molecule has 0 unspecified atom stereocenters. The summed E-state index contributed by atoms with van der Waals surface area (Å²) < 4.78 is 3.58. The minimum Gasteiger partial charge on any atom is -0.493 e. The third-order valence-corrected chi connectivity index (χ3v) is 4.50. The maximum absolute atomic E-state index is 11.3. The zero-order valence-corrected chi connectivity index (χ0v) is 15.6. The maximum Gasteiger partial charge on any atom is 0.326 e. The van der Waals surface area contributed by atoms with E-state index in [0.29, 0.717) is 22.9 Å². The highest BCUT2D eigenvalue weighted by atomic mass is 16.3. The molecule has 4 aromatic heterocycles. The number of rotatable bonds is 4. The van der Waals surface area contributed by atoms with Crippen molar-refractivity contribution in [2.45, 2.75) is 6.54 Å². The summed E-state index contributed by atoms with van der Waals surface area (Å²) in [4.78, 5) is 29.4. The van der Waals surface area contributed by atoms with Crippen LogP contribution in [0.3, 0.4) is 0 Å². The fourth-order valence-corrected chi connectivity index (χ4v) is 3.14. The Labute approximate surface area is 168 Å². The van der Waals surface area contributed by atoms with Gasteiger partial charge in [0.1, 0.15) is 5.69 Å². The van der Waals surface area contributed by atoms with Crippen molar-refractivity contribution in [3.8, 4) is 5.88 Å². The summed E-state index contributed by atoms with van der Waals surface area (Å²) in [6.07, 6.45) is 10.4. The van der Waals surface area contributed by atoms with Crippen LogP contribution in [0.25, 0.3) is 11.7 Å². The number of fused-ring (bicyclic) bond motifs is 1. The Hall–Kier alpha value is -4.47. The molecule has 0 atom stereocenters. The second-order valence-corrected chi connectivity index (χ2v) is 6.66. The van der Waals surface area contributed by atoms with E-state index < -0.39 is 5.69 Å². The molecule has 0 aliphatic rings. The molecule has 0 aliphatic heterocycles. The van der Waals surface area contributed by atoms with Gasteiger partial charge >= 0.3 is 5.69 Å². The molecule has 5 aromatic rings. The Morgan fingerprint density at radius 2 is 2.13 bits per heavy atom. The number of nitrogens with one attached hydrogen (secondary N) is 2. The Kier molecular flexibility index (Phi) is 4.21. The monoisotopic (exact) mass is 400 g/mol. The fraction of sp³-hybridized carbons (Fsp3) is 0.0500. The maximum atomic E-state index is 11.3. The largest absolute Gasteiger partial charge is 0.493 e. The van der Waals surface area contributed by atoms with Gasteiger partial charge in [-0.15, -0.1) is 0 Å². The minimum absolute atomic E-state index is 0.241. The number of aromatic amines is 2. The molecule has 3 N–H and O–H groups in total. The van der Waals surface area contributed by atoms with E-state index in [4.69, 9.17) is 0 Å². The van der Waals surface area contributed by atoms with E-state index in [-0.39, 0.29) is 11.6 Å². The number of nitrogens with zero attached hydrogens (tertiary/aromatic N) is 6. The van der Waals surface area contributed by atoms with Crippen LogP contribution in [-0.4, -0.2) is 39.2 Å². The predicted molar refractivity (Wildman–Crippen MR) is 108 cm³/mol. The van der Waals surface area contributed by atoms with Gasteiger partial charge in [0, 0.05) is 36.4 Å². The van der Waals surface area contributed by atoms with Crippen LogP contribution in [0, 0.1) is 0 Å². The lowest BCUT2D eigenvalue weighted by molar-refractivity contribution is 0.454. The van der Waals surface area contributed by atoms with E-state index in [2.05, 4.69) is 30.0 Å². The van der Waals surface area contributed by atoms with Crippen molar-refractivity contribution in [2.24, 2.45) is 4.99 Å². The molecule has 1 aromatic carbocycles. The number of benzene rings is 1. The SMILES string of the molecule is O=c1[nH]c(O)c(C=c2cnn3ccc(=Nc4cccc(Cn5ccnc5)c4)nc23)[nH]1. The van der Waals surface area contributed by atoms with Gasteiger partial charge in [-0.25, -0.2) is 24.3 Å². The molecule has 5 rings (SSSR count). The van der Waals surface area contributed by atoms with Gasteiger partial charge in [-0.1, -0.05) is 12.1 Å². The van der Waals surface area contributed by atoms with Crippen molar-refractivity contribution in [3.63, 3.8) is 0 Å². The third kappa shape index (κ3) is 3.49. The number of hydrogen-bond acceptors (Lipinski definition) is 6. The highest BCUT2D eigenvalue weighted by molar-refractivity contribution is 5.56. The molecule has 0 saturated carbocycles. The quantitative estimate of drug-likeness (QED) is 0.404. The van der Waals surface area contributed by atoms with E-state index in [1.807, 2.05) is 35.0 Å². The first-order chi connectivity index (χ1) is 14.6. The fourth-order valence-electron chi connectivity index (χ4n) is 3.14. The lowest BCUT2D eigenvalue weighted by Gasteiger charge is -2.03. The summed E-state index contributed by atoms with van der Waals surface area (Å²) in [6.45, 7) is 0.704. The van der Waals surface area contributed by atoms with Gasteiger partial charge in [-0.3, -0.25) is 4.98 Å². The van der Waals surface area contributed by atoms with Gasteiger partial charge in [0.25, 0.3) is 0 Å². The van der Waals surface area contributed by atoms with Gasteiger partial charge in [0.15, 0.2) is 11.1 Å². The Bertz CT molecular complexity index is 1510. The molecular formula is C20H16N8O2. The summed E-state index contributed by atoms with van der Waals surface area (Å²) in [6, 6.07) is 9.66. The first-order valence-electron chi connectivity index (χ1n) is 9.11. The molecule has 0 saturated heterocycles. The van der Waals surface area contributed by atoms with Crippen LogP contribution in [-0.2, 0) is 6.54 Å². The van der Waals surface area contributed by atoms with Crippen molar-refractivity contribution >= 4 is 17.4 Å². The van der Waals surface area contributed by atoms with E-state index >= 15 is 0 Å². The first kappa shape index (κ1) is 17.6. The van der Waals surface area contributed by atoms with Crippen molar-refractivity contribution in [3.05, 3.63) is 93.9 Å². The lowest BCUT2D eigenvalue weighted by Crippen LogP contribution is -2.13. The van der Waals surface area contributed by atoms with E-state index in [0.717, 1.165) is 11.3 Å². The van der Waals surface area contributed by atoms with Gasteiger partial charge in [-0.05, 0) is 23.8 Å². The molecule has 0 amide bonds. The third-order valence-electron chi connectivity index (χ3n) is 4.50. The first-order valence-corrected chi connectivity index (χ1v) is 9.11. The Morgan fingerprint density at radius 3 is 2.93 bits per heavy atom. The second kappa shape index (κ2) is 7.17. The highest BCUT2D eigenvalue weighted by Gasteiger charge is 2.05. The van der Waals surface area contributed by atoms with Crippen LogP contribution in [0.15, 0.2) is 71.2 Å². The molecule has 148 valence electrons. The zero-order valence-electron chi connectivity index (χ0n) is 15.6. The van der Waals surface area contributed by atoms with Gasteiger partial charge in [0.05, 0.1) is 18.2 Å². The molecule has 0 aliphatic carbocycles. The average molecular weight is 400 g/mol. The summed E-state index contributed by atoms with van der Waals surface area (Å²) in [5.41, 5.74) is 2.71. The molecule has 4 heterocycles. The van der Waals surface area contributed by atoms with Crippen LogP contribution in [0.1, 0.15) is 11.3 Å². The molecule has 0 radical (unpaired) electrons. The smallest absolute Gasteiger partial charge is 0.326 e. The summed E-state index contributed by atoms with van der Waals surface area (Å²) in [5, 5.41) is 14.7. The van der Waals surface area contributed by atoms with E-state index in [1.54, 1.807) is 41.6 Å². The topological polar surface area (TPSA) is 129 Å². The van der Waals surface area contributed by atoms with Crippen LogP contribution in [0.4, 0.5) is 5.69 Å². The van der Waals surface area contributed by atoms with Crippen molar-refractivity contribution in [1.82, 2.24) is 34.1 Å². The Morgan fingerprint density at radius 1 is 1.20 bits per heavy atom. The number of hydrogen-bond donors (Lipinski definition) is 3. The molecule has 0 bridgehead atoms. The van der Waals surface area contributed by atoms with E-state index in [1.165, 1.54) is 0 Å². The standard InChI is InChI=1S/C20H16N8O2/c29-19-16(24-20(30)26-19)9-14-10-22-28-6-4-17(25-18(14)28)23-15-3-1-2-13(8-15)11-27-7-5-21-12-27/h1-10,12,29H,11H2,(H2,24,26,30). The second-order valence-electron chi connectivity index (χ2n) is 6.66. The van der Waals surface area contributed by atoms with Crippen LogP contribution in [0.2, 0.25) is 0 Å². The van der Waals surface area contributed by atoms with Crippen LogP contribution in [0.5, 0.6) is 5.88 Å². The number of aromatic nitrogens is 7. The minimum atomic E-state index is -0.491. The van der Waals surface area contributed by atoms with Gasteiger partial charge < -0.3 is 14.7 Å². The molecular weight excluding hydrogens is 384 g/mol. The summed E-state index contributed by atoms with van der Waals surface area (Å²) in [7, 11) is 0. The van der Waals surface area contributed by atoms with Crippen molar-refractivity contribution in [2.75, 3.05) is 0 Å².